The fourth-order valence-electron chi connectivity index (χ4n) is 5.01. The van der Waals surface area contributed by atoms with E-state index in [-0.39, 0.29) is 5.91 Å². The van der Waals surface area contributed by atoms with Crippen LogP contribution in [0, 0.1) is 6.92 Å². The molecule has 35 heavy (non-hydrogen) atoms. The van der Waals surface area contributed by atoms with Crippen LogP contribution in [0.3, 0.4) is 0 Å². The van der Waals surface area contributed by atoms with Crippen molar-refractivity contribution in [1.29, 1.82) is 0 Å². The first-order chi connectivity index (χ1) is 16.9. The number of aryl methyl sites for hydroxylation is 1. The summed E-state index contributed by atoms with van der Waals surface area (Å²) in [5, 5.41) is 6.13. The zero-order chi connectivity index (χ0) is 24.5. The van der Waals surface area contributed by atoms with Crippen LogP contribution in [0.5, 0.6) is 0 Å². The summed E-state index contributed by atoms with van der Waals surface area (Å²) < 4.78 is 0. The number of benzene rings is 1. The van der Waals surface area contributed by atoms with Gasteiger partial charge in [-0.15, -0.1) is 0 Å². The Morgan fingerprint density at radius 2 is 1.97 bits per heavy atom. The minimum Gasteiger partial charge on any atom is -0.365 e. The molecule has 2 saturated heterocycles. The predicted octanol–water partition coefficient (Wildman–Crippen LogP) is 2.98. The van der Waals surface area contributed by atoms with Crippen molar-refractivity contribution >= 4 is 29.0 Å². The van der Waals surface area contributed by atoms with Crippen molar-refractivity contribution in [2.24, 2.45) is 0 Å². The van der Waals surface area contributed by atoms with Gasteiger partial charge in [0.1, 0.15) is 5.82 Å². The Hall–Kier alpha value is -3.56. The lowest BCUT2D eigenvalue weighted by molar-refractivity contribution is -0.116. The van der Waals surface area contributed by atoms with E-state index in [1.807, 2.05) is 31.1 Å². The lowest BCUT2D eigenvalue weighted by atomic mass is 10.1. The quantitative estimate of drug-likeness (QED) is 0.543. The number of likely N-dealkylation sites (tertiary alicyclic amines) is 1. The SMILES string of the molecule is Cc1cc(Nc2nccc(-c3ccc(NC(=O)CN(C)C)nc3)n2)ccc1N1C[C@@H]2C[C@H]1CN2C. The molecule has 3 aromatic rings. The van der Waals surface area contributed by atoms with Gasteiger partial charge in [0.05, 0.1) is 12.2 Å². The molecule has 2 aliphatic heterocycles. The Bertz CT molecular complexity index is 1210. The number of fused-ring (bicyclic) bond motifs is 2. The van der Waals surface area contributed by atoms with E-state index in [1.54, 1.807) is 18.5 Å². The van der Waals surface area contributed by atoms with Crippen molar-refractivity contribution < 1.29 is 4.79 Å². The molecule has 0 unspecified atom stereocenters. The summed E-state index contributed by atoms with van der Waals surface area (Å²) in [5.41, 5.74) is 5.13. The lowest BCUT2D eigenvalue weighted by Crippen LogP contribution is -2.44. The zero-order valence-electron chi connectivity index (χ0n) is 20.7. The van der Waals surface area contributed by atoms with Crippen molar-refractivity contribution in [3.63, 3.8) is 0 Å². The fourth-order valence-corrected chi connectivity index (χ4v) is 5.01. The fraction of sp³-hybridized carbons (Fsp3) is 0.385. The van der Waals surface area contributed by atoms with Gasteiger partial charge in [0.15, 0.2) is 0 Å². The van der Waals surface area contributed by atoms with Crippen LogP contribution in [0.25, 0.3) is 11.3 Å². The highest BCUT2D eigenvalue weighted by Gasteiger charge is 2.41. The Labute approximate surface area is 206 Å². The third kappa shape index (κ3) is 5.11. The van der Waals surface area contributed by atoms with Crippen molar-refractivity contribution in [2.45, 2.75) is 25.4 Å². The molecular formula is C26H32N8O. The molecule has 182 valence electrons. The molecule has 2 aliphatic rings. The molecule has 0 radical (unpaired) electrons. The number of nitrogens with zero attached hydrogens (tertiary/aromatic N) is 6. The summed E-state index contributed by atoms with van der Waals surface area (Å²) in [6.45, 7) is 4.72. The molecule has 0 aliphatic carbocycles. The summed E-state index contributed by atoms with van der Waals surface area (Å²) in [7, 11) is 5.93. The largest absolute Gasteiger partial charge is 0.365 e. The minimum atomic E-state index is -0.102. The number of amides is 1. The molecule has 4 heterocycles. The Morgan fingerprint density at radius 3 is 2.63 bits per heavy atom. The number of anilines is 4. The van der Waals surface area contributed by atoms with Crippen LogP contribution in [0.1, 0.15) is 12.0 Å². The molecule has 0 saturated carbocycles. The van der Waals surface area contributed by atoms with Crippen LogP contribution in [0.2, 0.25) is 0 Å². The van der Waals surface area contributed by atoms with Crippen LogP contribution in [-0.2, 0) is 4.79 Å². The van der Waals surface area contributed by atoms with E-state index in [0.29, 0.717) is 30.4 Å². The number of hydrogen-bond donors (Lipinski definition) is 2. The second-order valence-electron chi connectivity index (χ2n) is 9.75. The van der Waals surface area contributed by atoms with Crippen LogP contribution >= 0.6 is 0 Å². The maximum atomic E-state index is 11.9. The number of rotatable bonds is 7. The maximum Gasteiger partial charge on any atom is 0.239 e. The second kappa shape index (κ2) is 9.59. The van der Waals surface area contributed by atoms with Crippen molar-refractivity contribution in [3.8, 4) is 11.3 Å². The van der Waals surface area contributed by atoms with Crippen molar-refractivity contribution in [3.05, 3.63) is 54.4 Å². The maximum absolute atomic E-state index is 11.9. The van der Waals surface area contributed by atoms with Gasteiger partial charge in [0, 0.05) is 54.5 Å². The van der Waals surface area contributed by atoms with E-state index in [0.717, 1.165) is 30.0 Å². The van der Waals surface area contributed by atoms with Gasteiger partial charge >= 0.3 is 0 Å². The number of carbonyl (C=O) groups excluding carboxylic acids is 1. The number of hydrogen-bond acceptors (Lipinski definition) is 8. The number of carbonyl (C=O) groups is 1. The monoisotopic (exact) mass is 472 g/mol. The minimum absolute atomic E-state index is 0.102. The summed E-state index contributed by atoms with van der Waals surface area (Å²) in [6, 6.07) is 13.3. The predicted molar refractivity (Wildman–Crippen MR) is 139 cm³/mol. The second-order valence-corrected chi connectivity index (χ2v) is 9.75. The van der Waals surface area contributed by atoms with E-state index in [2.05, 4.69) is 67.6 Å². The molecule has 9 heteroatoms. The molecule has 5 rings (SSSR count). The molecule has 2 bridgehead atoms. The first-order valence-corrected chi connectivity index (χ1v) is 11.9. The van der Waals surface area contributed by atoms with Gasteiger partial charge < -0.3 is 20.4 Å². The summed E-state index contributed by atoms with van der Waals surface area (Å²) in [6.07, 6.45) is 4.70. The third-order valence-corrected chi connectivity index (χ3v) is 6.72. The molecule has 1 aromatic carbocycles. The van der Waals surface area contributed by atoms with Gasteiger partial charge in [-0.05, 0) is 76.4 Å². The average molecular weight is 473 g/mol. The van der Waals surface area contributed by atoms with E-state index in [1.165, 1.54) is 17.7 Å². The Kier molecular flexibility index (Phi) is 6.36. The molecule has 2 aromatic heterocycles. The summed E-state index contributed by atoms with van der Waals surface area (Å²) >= 11 is 0. The standard InChI is InChI=1S/C26H32N8O/c1-17-11-19(6-7-23(17)34-15-20-12-21(34)14-33(20)4)29-26-27-10-9-22(30-26)18-5-8-24(28-13-18)31-25(35)16-32(2)3/h5-11,13,20-21H,12,14-16H2,1-4H3,(H,27,29,30)(H,28,31,35)/t20-,21-/m0/s1. The first-order valence-electron chi connectivity index (χ1n) is 11.9. The lowest BCUT2D eigenvalue weighted by Gasteiger charge is -2.34. The number of nitrogens with one attached hydrogen (secondary N) is 2. The van der Waals surface area contributed by atoms with E-state index < -0.39 is 0 Å². The van der Waals surface area contributed by atoms with Crippen molar-refractivity contribution in [1.82, 2.24) is 24.8 Å². The molecule has 2 fully saturated rings. The van der Waals surface area contributed by atoms with Crippen molar-refractivity contribution in [2.75, 3.05) is 56.3 Å². The van der Waals surface area contributed by atoms with Gasteiger partial charge in [0.25, 0.3) is 0 Å². The van der Waals surface area contributed by atoms with Crippen LogP contribution in [-0.4, -0.2) is 83.5 Å². The average Bonchev–Trinajstić information content (AvgIpc) is 3.39. The van der Waals surface area contributed by atoms with Gasteiger partial charge in [0.2, 0.25) is 11.9 Å². The van der Waals surface area contributed by atoms with Crippen LogP contribution in [0.15, 0.2) is 48.8 Å². The molecule has 9 nitrogen and oxygen atoms in total. The van der Waals surface area contributed by atoms with Gasteiger partial charge in [-0.3, -0.25) is 9.69 Å². The van der Waals surface area contributed by atoms with Crippen LogP contribution in [0.4, 0.5) is 23.1 Å². The Balaban J connectivity index is 1.26. The molecular weight excluding hydrogens is 440 g/mol. The summed E-state index contributed by atoms with van der Waals surface area (Å²) in [5.74, 6) is 0.941. The number of aromatic nitrogens is 3. The summed E-state index contributed by atoms with van der Waals surface area (Å²) in [4.78, 5) is 32.2. The van der Waals surface area contributed by atoms with Crippen LogP contribution < -0.4 is 15.5 Å². The van der Waals surface area contributed by atoms with E-state index >= 15 is 0 Å². The van der Waals surface area contributed by atoms with Gasteiger partial charge in [-0.1, -0.05) is 0 Å². The highest BCUT2D eigenvalue weighted by Crippen LogP contribution is 2.36. The molecule has 1 amide bonds. The zero-order valence-corrected chi connectivity index (χ0v) is 20.7. The molecule has 2 N–H and O–H groups in total. The normalized spacial score (nSPS) is 19.4. The topological polar surface area (TPSA) is 89.5 Å². The third-order valence-electron chi connectivity index (χ3n) is 6.72. The molecule has 2 atom stereocenters. The van der Waals surface area contributed by atoms with E-state index in [9.17, 15) is 4.79 Å². The molecule has 0 spiro atoms. The highest BCUT2D eigenvalue weighted by atomic mass is 16.2. The van der Waals surface area contributed by atoms with Gasteiger partial charge in [-0.25, -0.2) is 15.0 Å². The number of pyridine rings is 1. The van der Waals surface area contributed by atoms with Gasteiger partial charge in [-0.2, -0.15) is 0 Å². The highest BCUT2D eigenvalue weighted by molar-refractivity contribution is 5.91. The van der Waals surface area contributed by atoms with E-state index in [4.69, 9.17) is 0 Å². The Morgan fingerprint density at radius 1 is 1.11 bits per heavy atom. The number of likely N-dealkylation sites (N-methyl/N-ethyl adjacent to an activating group) is 2. The smallest absolute Gasteiger partial charge is 0.239 e. The first kappa shape index (κ1) is 23.2. The number of piperazine rings is 1.